The number of benzene rings is 1. The third-order valence-electron chi connectivity index (χ3n) is 5.37. The van der Waals surface area contributed by atoms with Crippen molar-refractivity contribution in [3.63, 3.8) is 0 Å². The molecule has 1 atom stereocenters. The molecule has 1 aromatic carbocycles. The fraction of sp³-hybridized carbons (Fsp3) is 0.364. The third kappa shape index (κ3) is 3.68. The molecule has 2 aliphatic heterocycles. The second-order valence-corrected chi connectivity index (χ2v) is 8.71. The maximum atomic E-state index is 13.1. The number of rotatable bonds is 5. The van der Waals surface area contributed by atoms with Gasteiger partial charge in [0.1, 0.15) is 10.4 Å². The van der Waals surface area contributed by atoms with E-state index in [9.17, 15) is 14.7 Å². The van der Waals surface area contributed by atoms with Crippen LogP contribution in [0.2, 0.25) is 0 Å². The van der Waals surface area contributed by atoms with Gasteiger partial charge in [0, 0.05) is 30.4 Å². The van der Waals surface area contributed by atoms with E-state index in [4.69, 9.17) is 4.74 Å². The standard InChI is InChI=1S/C22H23N3O4S/c1-13-4-5-16(14(2)10-13)17(26)15-11-22(3,23-12-15)19-18(20(27)28)30-21(24-19)25-6-8-29-9-7-25/h4-5,10-12H,6-9H2,1-3H3,(H,27,28). The van der Waals surface area contributed by atoms with E-state index < -0.39 is 11.5 Å². The molecule has 156 valence electrons. The molecule has 7 nitrogen and oxygen atoms in total. The highest BCUT2D eigenvalue weighted by Gasteiger charge is 2.37. The van der Waals surface area contributed by atoms with Gasteiger partial charge < -0.3 is 14.7 Å². The molecule has 0 aliphatic carbocycles. The number of carbonyl (C=O) groups is 2. The van der Waals surface area contributed by atoms with Crippen LogP contribution in [-0.2, 0) is 10.3 Å². The molecule has 1 fully saturated rings. The van der Waals surface area contributed by atoms with E-state index in [-0.39, 0.29) is 10.7 Å². The topological polar surface area (TPSA) is 92.1 Å². The highest BCUT2D eigenvalue weighted by molar-refractivity contribution is 7.17. The third-order valence-corrected chi connectivity index (χ3v) is 6.47. The van der Waals surface area contributed by atoms with Crippen molar-refractivity contribution in [2.75, 3.05) is 31.2 Å². The first kappa shape index (κ1) is 20.4. The summed E-state index contributed by atoms with van der Waals surface area (Å²) in [5.74, 6) is -1.17. The summed E-state index contributed by atoms with van der Waals surface area (Å²) in [6.07, 6.45) is 3.25. The number of aromatic carboxylic acids is 1. The number of carboxylic acids is 1. The van der Waals surface area contributed by atoms with E-state index >= 15 is 0 Å². The van der Waals surface area contributed by atoms with Crippen molar-refractivity contribution in [1.29, 1.82) is 0 Å². The van der Waals surface area contributed by atoms with Crippen molar-refractivity contribution in [2.45, 2.75) is 26.3 Å². The molecule has 4 rings (SSSR count). The average Bonchev–Trinajstić information content (AvgIpc) is 3.34. The summed E-state index contributed by atoms with van der Waals surface area (Å²) in [6, 6.07) is 5.69. The Kier molecular flexibility index (Phi) is 5.29. The van der Waals surface area contributed by atoms with Gasteiger partial charge in [-0.1, -0.05) is 35.1 Å². The van der Waals surface area contributed by atoms with Gasteiger partial charge in [-0.25, -0.2) is 9.78 Å². The van der Waals surface area contributed by atoms with E-state index in [0.717, 1.165) is 22.5 Å². The van der Waals surface area contributed by atoms with Crippen molar-refractivity contribution < 1.29 is 19.4 Å². The molecular weight excluding hydrogens is 402 g/mol. The van der Waals surface area contributed by atoms with Crippen LogP contribution in [0.3, 0.4) is 0 Å². The minimum atomic E-state index is -1.04. The second-order valence-electron chi connectivity index (χ2n) is 7.73. The number of carboxylic acid groups (broad SMARTS) is 1. The molecule has 8 heteroatoms. The number of nitrogens with zero attached hydrogens (tertiary/aromatic N) is 3. The number of hydrogen-bond donors (Lipinski definition) is 1. The number of thiazole rings is 1. The Morgan fingerprint density at radius 3 is 2.63 bits per heavy atom. The van der Waals surface area contributed by atoms with Crippen LogP contribution >= 0.6 is 11.3 Å². The summed E-state index contributed by atoms with van der Waals surface area (Å²) in [5.41, 5.74) is 2.42. The number of carbonyl (C=O) groups excluding carboxylic acids is 1. The molecule has 1 aromatic heterocycles. The maximum Gasteiger partial charge on any atom is 0.348 e. The first-order valence-corrected chi connectivity index (χ1v) is 10.6. The summed E-state index contributed by atoms with van der Waals surface area (Å²) >= 11 is 1.14. The largest absolute Gasteiger partial charge is 0.477 e. The van der Waals surface area contributed by atoms with Gasteiger partial charge in [-0.2, -0.15) is 0 Å². The Labute approximate surface area is 178 Å². The lowest BCUT2D eigenvalue weighted by atomic mass is 9.93. The number of ketones is 1. The van der Waals surface area contributed by atoms with Crippen LogP contribution in [0.15, 0.2) is 34.8 Å². The van der Waals surface area contributed by atoms with Crippen molar-refractivity contribution in [2.24, 2.45) is 4.99 Å². The fourth-order valence-corrected chi connectivity index (χ4v) is 4.81. The zero-order chi connectivity index (χ0) is 21.5. The number of Topliss-reactive ketones (excluding diaryl/α,β-unsaturated/α-hetero) is 1. The van der Waals surface area contributed by atoms with E-state index in [1.54, 1.807) is 13.0 Å². The quantitative estimate of drug-likeness (QED) is 0.738. The predicted octanol–water partition coefficient (Wildman–Crippen LogP) is 3.40. The summed E-state index contributed by atoms with van der Waals surface area (Å²) in [4.78, 5) is 36.3. The molecular formula is C22H23N3O4S. The van der Waals surface area contributed by atoms with Gasteiger partial charge in [-0.3, -0.25) is 9.79 Å². The molecule has 3 heterocycles. The monoisotopic (exact) mass is 425 g/mol. The van der Waals surface area contributed by atoms with Crippen LogP contribution in [0, 0.1) is 13.8 Å². The average molecular weight is 426 g/mol. The van der Waals surface area contributed by atoms with Crippen LogP contribution in [-0.4, -0.2) is 54.4 Å². The molecule has 0 saturated carbocycles. The summed E-state index contributed by atoms with van der Waals surface area (Å²) in [6.45, 7) is 8.18. The van der Waals surface area contributed by atoms with Crippen LogP contribution < -0.4 is 4.90 Å². The van der Waals surface area contributed by atoms with Gasteiger partial charge in [-0.15, -0.1) is 0 Å². The Hall–Kier alpha value is -2.84. The van der Waals surface area contributed by atoms with Gasteiger partial charge in [0.05, 0.1) is 18.9 Å². The van der Waals surface area contributed by atoms with Gasteiger partial charge in [-0.05, 0) is 32.4 Å². The highest BCUT2D eigenvalue weighted by atomic mass is 32.1. The lowest BCUT2D eigenvalue weighted by Crippen LogP contribution is -2.36. The van der Waals surface area contributed by atoms with Crippen molar-refractivity contribution in [3.05, 3.63) is 57.1 Å². The van der Waals surface area contributed by atoms with Crippen molar-refractivity contribution >= 4 is 34.4 Å². The Balaban J connectivity index is 1.69. The normalized spacial score (nSPS) is 21.0. The Morgan fingerprint density at radius 2 is 1.97 bits per heavy atom. The number of morpholine rings is 1. The number of aryl methyl sites for hydroxylation is 2. The molecule has 1 saturated heterocycles. The van der Waals surface area contributed by atoms with Crippen LogP contribution in [0.1, 0.15) is 43.8 Å². The number of allylic oxidation sites excluding steroid dienone is 1. The second kappa shape index (κ2) is 7.77. The minimum absolute atomic E-state index is 0.125. The van der Waals surface area contributed by atoms with E-state index in [0.29, 0.717) is 48.3 Å². The van der Waals surface area contributed by atoms with E-state index in [1.807, 2.05) is 36.9 Å². The van der Waals surface area contributed by atoms with E-state index in [1.165, 1.54) is 6.21 Å². The number of ether oxygens (including phenoxy) is 1. The lowest BCUT2D eigenvalue weighted by molar-refractivity contribution is 0.0699. The fourth-order valence-electron chi connectivity index (χ4n) is 3.75. The van der Waals surface area contributed by atoms with Gasteiger partial charge in [0.25, 0.3) is 0 Å². The molecule has 2 aliphatic rings. The maximum absolute atomic E-state index is 13.1. The van der Waals surface area contributed by atoms with Crippen molar-refractivity contribution in [3.8, 4) is 0 Å². The summed E-state index contributed by atoms with van der Waals surface area (Å²) in [5, 5.41) is 10.4. The van der Waals surface area contributed by atoms with Crippen LogP contribution in [0.4, 0.5) is 5.13 Å². The molecule has 0 spiro atoms. The Bertz CT molecular complexity index is 1080. The first-order chi connectivity index (χ1) is 14.3. The number of anilines is 1. The Morgan fingerprint density at radius 1 is 1.23 bits per heavy atom. The molecule has 2 aromatic rings. The molecule has 30 heavy (non-hydrogen) atoms. The summed E-state index contributed by atoms with van der Waals surface area (Å²) < 4.78 is 5.37. The van der Waals surface area contributed by atoms with Crippen LogP contribution in [0.5, 0.6) is 0 Å². The number of aromatic nitrogens is 1. The highest BCUT2D eigenvalue weighted by Crippen LogP contribution is 2.39. The van der Waals surface area contributed by atoms with Crippen LogP contribution in [0.25, 0.3) is 0 Å². The predicted molar refractivity (Wildman–Crippen MR) is 116 cm³/mol. The first-order valence-electron chi connectivity index (χ1n) is 9.76. The molecule has 0 radical (unpaired) electrons. The van der Waals surface area contributed by atoms with Gasteiger partial charge in [0.15, 0.2) is 10.9 Å². The SMILES string of the molecule is Cc1ccc(C(=O)C2=CC(C)(c3nc(N4CCOCC4)sc3C(=O)O)N=C2)c(C)c1. The minimum Gasteiger partial charge on any atom is -0.477 e. The smallest absolute Gasteiger partial charge is 0.348 e. The van der Waals surface area contributed by atoms with Gasteiger partial charge >= 0.3 is 5.97 Å². The molecule has 0 amide bonds. The molecule has 0 bridgehead atoms. The van der Waals surface area contributed by atoms with Gasteiger partial charge in [0.2, 0.25) is 0 Å². The number of hydrogen-bond acceptors (Lipinski definition) is 7. The number of aliphatic imine (C=N–C) groups is 1. The zero-order valence-corrected chi connectivity index (χ0v) is 18.0. The van der Waals surface area contributed by atoms with E-state index in [2.05, 4.69) is 9.98 Å². The lowest BCUT2D eigenvalue weighted by Gasteiger charge is -2.26. The molecule has 1 unspecified atom stereocenters. The molecule has 1 N–H and O–H groups in total. The van der Waals surface area contributed by atoms with Crippen molar-refractivity contribution in [1.82, 2.24) is 4.98 Å². The zero-order valence-electron chi connectivity index (χ0n) is 17.1. The summed E-state index contributed by atoms with van der Waals surface area (Å²) in [7, 11) is 0.